The van der Waals surface area contributed by atoms with Gasteiger partial charge < -0.3 is 15.1 Å². The van der Waals surface area contributed by atoms with E-state index in [1.165, 1.54) is 12.0 Å². The third kappa shape index (κ3) is 4.57. The summed E-state index contributed by atoms with van der Waals surface area (Å²) in [6.45, 7) is 7.23. The summed E-state index contributed by atoms with van der Waals surface area (Å²) >= 11 is 0. The topological polar surface area (TPSA) is 52.7 Å². The zero-order valence-corrected chi connectivity index (χ0v) is 16.0. The summed E-state index contributed by atoms with van der Waals surface area (Å²) in [5.41, 5.74) is 1.96. The van der Waals surface area contributed by atoms with Gasteiger partial charge in [0.2, 0.25) is 0 Å². The highest BCUT2D eigenvalue weighted by Gasteiger charge is 2.26. The van der Waals surface area contributed by atoms with Crippen LogP contribution in [0.15, 0.2) is 24.3 Å². The number of hydrogen-bond acceptors (Lipinski definition) is 2. The standard InChI is InChI=1S/C21H31N3O2/c1-16(2)22-21(26)24-13-7-10-19(15-24)17-8-6-9-18(14-17)20(25)23-11-4-3-5-12-23/h6,8-9,14,16,19H,3-5,7,10-13,15H2,1-2H3,(H,22,26). The molecule has 2 aliphatic rings. The Bertz CT molecular complexity index is 638. The lowest BCUT2D eigenvalue weighted by Gasteiger charge is -2.34. The van der Waals surface area contributed by atoms with E-state index in [1.54, 1.807) is 0 Å². The SMILES string of the molecule is CC(C)NC(=O)N1CCCC(c2cccc(C(=O)N3CCCCC3)c2)C1. The first-order valence-electron chi connectivity index (χ1n) is 9.99. The molecule has 1 unspecified atom stereocenters. The van der Waals surface area contributed by atoms with E-state index in [0.29, 0.717) is 5.92 Å². The fourth-order valence-corrected chi connectivity index (χ4v) is 3.98. The van der Waals surface area contributed by atoms with Crippen molar-refractivity contribution < 1.29 is 9.59 Å². The average Bonchev–Trinajstić information content (AvgIpc) is 2.68. The first-order valence-corrected chi connectivity index (χ1v) is 9.99. The van der Waals surface area contributed by atoms with Crippen LogP contribution in [0.1, 0.15) is 67.8 Å². The molecule has 2 fully saturated rings. The molecule has 2 saturated heterocycles. The van der Waals surface area contributed by atoms with E-state index in [0.717, 1.165) is 57.4 Å². The van der Waals surface area contributed by atoms with Crippen molar-refractivity contribution in [1.29, 1.82) is 0 Å². The van der Waals surface area contributed by atoms with E-state index in [9.17, 15) is 9.59 Å². The molecule has 0 aliphatic carbocycles. The predicted octanol–water partition coefficient (Wildman–Crippen LogP) is 3.61. The van der Waals surface area contributed by atoms with Crippen molar-refractivity contribution >= 4 is 11.9 Å². The zero-order chi connectivity index (χ0) is 18.5. The second-order valence-corrected chi connectivity index (χ2v) is 7.87. The van der Waals surface area contributed by atoms with Gasteiger partial charge in [0.25, 0.3) is 5.91 Å². The van der Waals surface area contributed by atoms with Crippen LogP contribution in [-0.4, -0.2) is 54.0 Å². The van der Waals surface area contributed by atoms with E-state index < -0.39 is 0 Å². The fraction of sp³-hybridized carbons (Fsp3) is 0.619. The molecule has 26 heavy (non-hydrogen) atoms. The molecule has 5 nitrogen and oxygen atoms in total. The van der Waals surface area contributed by atoms with Crippen LogP contribution < -0.4 is 5.32 Å². The molecule has 1 N–H and O–H groups in total. The van der Waals surface area contributed by atoms with Gasteiger partial charge in [0.15, 0.2) is 0 Å². The predicted molar refractivity (Wildman–Crippen MR) is 103 cm³/mol. The Morgan fingerprint density at radius 1 is 1.04 bits per heavy atom. The van der Waals surface area contributed by atoms with Gasteiger partial charge in [-0.15, -0.1) is 0 Å². The summed E-state index contributed by atoms with van der Waals surface area (Å²) in [5, 5.41) is 2.98. The number of amides is 3. The van der Waals surface area contributed by atoms with E-state index >= 15 is 0 Å². The van der Waals surface area contributed by atoms with Crippen LogP contribution in [0.4, 0.5) is 4.79 Å². The Morgan fingerprint density at radius 2 is 1.77 bits per heavy atom. The number of nitrogens with zero attached hydrogens (tertiary/aromatic N) is 2. The largest absolute Gasteiger partial charge is 0.339 e. The van der Waals surface area contributed by atoms with Crippen LogP contribution in [0.2, 0.25) is 0 Å². The maximum atomic E-state index is 12.8. The zero-order valence-electron chi connectivity index (χ0n) is 16.0. The Balaban J connectivity index is 1.69. The lowest BCUT2D eigenvalue weighted by molar-refractivity contribution is 0.0724. The van der Waals surface area contributed by atoms with Gasteiger partial charge in [-0.3, -0.25) is 4.79 Å². The van der Waals surface area contributed by atoms with Gasteiger partial charge >= 0.3 is 6.03 Å². The highest BCUT2D eigenvalue weighted by Crippen LogP contribution is 2.28. The Hall–Kier alpha value is -2.04. The number of nitrogens with one attached hydrogen (secondary N) is 1. The molecule has 1 aromatic carbocycles. The molecule has 2 heterocycles. The Morgan fingerprint density at radius 3 is 2.50 bits per heavy atom. The molecule has 0 aromatic heterocycles. The van der Waals surface area contributed by atoms with E-state index in [2.05, 4.69) is 11.4 Å². The van der Waals surface area contributed by atoms with E-state index in [1.807, 2.05) is 41.8 Å². The number of piperidine rings is 2. The van der Waals surface area contributed by atoms with Crippen LogP contribution in [0.25, 0.3) is 0 Å². The highest BCUT2D eigenvalue weighted by molar-refractivity contribution is 5.94. The minimum Gasteiger partial charge on any atom is -0.339 e. The molecular formula is C21H31N3O2. The summed E-state index contributed by atoms with van der Waals surface area (Å²) in [5.74, 6) is 0.451. The lowest BCUT2D eigenvalue weighted by atomic mass is 9.89. The van der Waals surface area contributed by atoms with Gasteiger partial charge in [-0.1, -0.05) is 12.1 Å². The molecule has 0 radical (unpaired) electrons. The van der Waals surface area contributed by atoms with Gasteiger partial charge in [0.05, 0.1) is 0 Å². The minimum absolute atomic E-state index is 0.0187. The fourth-order valence-electron chi connectivity index (χ4n) is 3.98. The number of carbonyl (C=O) groups excluding carboxylic acids is 2. The van der Waals surface area contributed by atoms with Crippen LogP contribution in [0.3, 0.4) is 0 Å². The molecule has 3 amide bonds. The second kappa shape index (κ2) is 8.56. The molecule has 1 atom stereocenters. The summed E-state index contributed by atoms with van der Waals surface area (Å²) in [7, 11) is 0. The van der Waals surface area contributed by atoms with Crippen LogP contribution in [-0.2, 0) is 0 Å². The number of benzene rings is 1. The molecule has 2 aliphatic heterocycles. The molecule has 3 rings (SSSR count). The van der Waals surface area contributed by atoms with Crippen molar-refractivity contribution in [2.45, 2.75) is 57.9 Å². The van der Waals surface area contributed by atoms with Gasteiger partial charge in [0, 0.05) is 43.7 Å². The van der Waals surface area contributed by atoms with Crippen LogP contribution >= 0.6 is 0 Å². The molecule has 0 saturated carbocycles. The van der Waals surface area contributed by atoms with Crippen molar-refractivity contribution in [3.63, 3.8) is 0 Å². The Labute approximate surface area is 156 Å². The van der Waals surface area contributed by atoms with Crippen molar-refractivity contribution in [2.75, 3.05) is 26.2 Å². The van der Waals surface area contributed by atoms with Gasteiger partial charge in [0.1, 0.15) is 0 Å². The van der Waals surface area contributed by atoms with E-state index in [4.69, 9.17) is 0 Å². The Kier molecular flexibility index (Phi) is 6.17. The van der Waals surface area contributed by atoms with Crippen molar-refractivity contribution in [3.8, 4) is 0 Å². The van der Waals surface area contributed by atoms with Crippen molar-refractivity contribution in [3.05, 3.63) is 35.4 Å². The normalized spacial score (nSPS) is 21.0. The minimum atomic E-state index is 0.0187. The molecule has 142 valence electrons. The monoisotopic (exact) mass is 357 g/mol. The van der Waals surface area contributed by atoms with Crippen molar-refractivity contribution in [2.24, 2.45) is 0 Å². The quantitative estimate of drug-likeness (QED) is 0.898. The summed E-state index contributed by atoms with van der Waals surface area (Å²) in [4.78, 5) is 29.0. The summed E-state index contributed by atoms with van der Waals surface area (Å²) < 4.78 is 0. The molecule has 5 heteroatoms. The number of likely N-dealkylation sites (tertiary alicyclic amines) is 2. The third-order valence-electron chi connectivity index (χ3n) is 5.37. The van der Waals surface area contributed by atoms with Crippen molar-refractivity contribution in [1.82, 2.24) is 15.1 Å². The van der Waals surface area contributed by atoms with Gasteiger partial charge in [-0.2, -0.15) is 0 Å². The first-order chi connectivity index (χ1) is 12.5. The molecule has 1 aromatic rings. The second-order valence-electron chi connectivity index (χ2n) is 7.87. The smallest absolute Gasteiger partial charge is 0.317 e. The maximum absolute atomic E-state index is 12.8. The molecule has 0 spiro atoms. The van der Waals surface area contributed by atoms with Crippen LogP contribution in [0.5, 0.6) is 0 Å². The molecule has 0 bridgehead atoms. The average molecular weight is 357 g/mol. The number of carbonyl (C=O) groups is 2. The van der Waals surface area contributed by atoms with Gasteiger partial charge in [-0.25, -0.2) is 4.79 Å². The van der Waals surface area contributed by atoms with Gasteiger partial charge in [-0.05, 0) is 63.6 Å². The molecular weight excluding hydrogens is 326 g/mol. The van der Waals surface area contributed by atoms with Crippen LogP contribution in [0, 0.1) is 0 Å². The van der Waals surface area contributed by atoms with E-state index in [-0.39, 0.29) is 18.0 Å². The number of hydrogen-bond donors (Lipinski definition) is 1. The maximum Gasteiger partial charge on any atom is 0.317 e. The highest BCUT2D eigenvalue weighted by atomic mass is 16.2. The summed E-state index contributed by atoms with van der Waals surface area (Å²) in [6, 6.07) is 8.22. The third-order valence-corrected chi connectivity index (χ3v) is 5.37. The number of urea groups is 1. The lowest BCUT2D eigenvalue weighted by Crippen LogP contribution is -2.47. The summed E-state index contributed by atoms with van der Waals surface area (Å²) in [6.07, 6.45) is 5.50. The number of rotatable bonds is 3. The first kappa shape index (κ1) is 18.7.